The van der Waals surface area contributed by atoms with Crippen LogP contribution in [0.1, 0.15) is 66.2 Å². The van der Waals surface area contributed by atoms with E-state index in [-0.39, 0.29) is 11.3 Å². The Hall–Kier alpha value is -3.38. The first kappa shape index (κ1) is 25.3. The van der Waals surface area contributed by atoms with Crippen molar-refractivity contribution in [2.24, 2.45) is 16.3 Å². The lowest BCUT2D eigenvalue weighted by molar-refractivity contribution is 0.0947. The van der Waals surface area contributed by atoms with E-state index < -0.39 is 0 Å². The third-order valence-electron chi connectivity index (χ3n) is 7.24. The Bertz CT molecular complexity index is 1430. The molecule has 1 N–H and O–H groups in total. The highest BCUT2D eigenvalue weighted by atomic mass is 32.1. The van der Waals surface area contributed by atoms with Crippen LogP contribution in [0.5, 0.6) is 5.75 Å². The maximum atomic E-state index is 13.5. The first-order valence-corrected chi connectivity index (χ1v) is 13.8. The van der Waals surface area contributed by atoms with Crippen molar-refractivity contribution in [3.63, 3.8) is 0 Å². The molecule has 0 spiro atoms. The average molecular weight is 515 g/mol. The van der Waals surface area contributed by atoms with E-state index in [9.17, 15) is 4.79 Å². The van der Waals surface area contributed by atoms with Crippen LogP contribution < -0.4 is 10.1 Å². The zero-order valence-corrected chi connectivity index (χ0v) is 22.8. The minimum absolute atomic E-state index is 0.0909. The van der Waals surface area contributed by atoms with Gasteiger partial charge in [0.15, 0.2) is 0 Å². The predicted molar refractivity (Wildman–Crippen MR) is 152 cm³/mol. The van der Waals surface area contributed by atoms with Gasteiger partial charge in [-0.25, -0.2) is 4.99 Å². The molecular formula is C31H34N2O3S. The molecular weight excluding hydrogens is 480 g/mol. The molecule has 2 aromatic carbocycles. The van der Waals surface area contributed by atoms with E-state index >= 15 is 0 Å². The summed E-state index contributed by atoms with van der Waals surface area (Å²) in [6.45, 7) is 9.89. The molecule has 5 rings (SSSR count). The fourth-order valence-corrected chi connectivity index (χ4v) is 6.39. The Kier molecular flexibility index (Phi) is 7.20. The average Bonchev–Trinajstić information content (AvgIpc) is 3.53. The summed E-state index contributed by atoms with van der Waals surface area (Å²) in [6.07, 6.45) is 6.48. The predicted octanol–water partition coefficient (Wildman–Crippen LogP) is 7.72. The van der Waals surface area contributed by atoms with Gasteiger partial charge in [-0.05, 0) is 72.7 Å². The summed E-state index contributed by atoms with van der Waals surface area (Å²) in [4.78, 5) is 19.7. The van der Waals surface area contributed by atoms with Gasteiger partial charge < -0.3 is 14.5 Å². The van der Waals surface area contributed by atoms with E-state index in [1.54, 1.807) is 17.6 Å². The molecule has 0 aliphatic heterocycles. The summed E-state index contributed by atoms with van der Waals surface area (Å²) in [5.41, 5.74) is 3.10. The molecule has 1 amide bonds. The van der Waals surface area contributed by atoms with Crippen LogP contribution >= 0.6 is 11.3 Å². The maximum Gasteiger partial charge on any atom is 0.255 e. The van der Waals surface area contributed by atoms with E-state index in [4.69, 9.17) is 14.1 Å². The highest BCUT2D eigenvalue weighted by Crippen LogP contribution is 2.45. The number of furan rings is 1. The van der Waals surface area contributed by atoms with Crippen molar-refractivity contribution in [3.05, 3.63) is 82.1 Å². The van der Waals surface area contributed by atoms with Gasteiger partial charge in [-0.3, -0.25) is 4.79 Å². The molecule has 37 heavy (non-hydrogen) atoms. The summed E-state index contributed by atoms with van der Waals surface area (Å²) in [7, 11) is 0. The number of rotatable bonds is 7. The second-order valence-corrected chi connectivity index (χ2v) is 11.7. The Balaban J connectivity index is 1.51. The van der Waals surface area contributed by atoms with Crippen LogP contribution in [0.2, 0.25) is 0 Å². The zero-order valence-electron chi connectivity index (χ0n) is 22.0. The minimum Gasteiger partial charge on any atom is -0.493 e. The SMILES string of the molecule is CCOc1ccc(C=Nc2sc3c(c2C(=O)NCc2ccco2)CC[C@@H](C(C)(C)C)C3)c2ccccc12. The van der Waals surface area contributed by atoms with Crippen LogP contribution in [-0.2, 0) is 19.4 Å². The molecule has 1 aliphatic rings. The summed E-state index contributed by atoms with van der Waals surface area (Å²) >= 11 is 1.66. The van der Waals surface area contributed by atoms with Crippen molar-refractivity contribution in [1.82, 2.24) is 5.32 Å². The van der Waals surface area contributed by atoms with E-state index in [2.05, 4.69) is 38.2 Å². The van der Waals surface area contributed by atoms with E-state index in [0.29, 0.717) is 24.6 Å². The van der Waals surface area contributed by atoms with Crippen molar-refractivity contribution >= 4 is 39.2 Å². The van der Waals surface area contributed by atoms with Crippen molar-refractivity contribution in [2.75, 3.05) is 6.61 Å². The largest absolute Gasteiger partial charge is 0.493 e. The number of nitrogens with zero attached hydrogens (tertiary/aromatic N) is 1. The number of nitrogens with one attached hydrogen (secondary N) is 1. The first-order chi connectivity index (χ1) is 17.8. The van der Waals surface area contributed by atoms with Gasteiger partial charge >= 0.3 is 0 Å². The van der Waals surface area contributed by atoms with E-state index in [0.717, 1.165) is 57.7 Å². The van der Waals surface area contributed by atoms with Gasteiger partial charge in [-0.1, -0.05) is 45.0 Å². The van der Waals surface area contributed by atoms with Crippen LogP contribution in [0.25, 0.3) is 10.8 Å². The molecule has 0 unspecified atom stereocenters. The Morgan fingerprint density at radius 2 is 1.97 bits per heavy atom. The van der Waals surface area contributed by atoms with Crippen LogP contribution in [0.15, 0.2) is 64.2 Å². The van der Waals surface area contributed by atoms with Gasteiger partial charge in [0.25, 0.3) is 5.91 Å². The number of benzene rings is 2. The number of ether oxygens (including phenoxy) is 1. The monoisotopic (exact) mass is 514 g/mol. The molecule has 192 valence electrons. The Labute approximate surface area is 222 Å². The number of carbonyl (C=O) groups is 1. The topological polar surface area (TPSA) is 63.8 Å². The lowest BCUT2D eigenvalue weighted by Gasteiger charge is -2.33. The molecule has 0 saturated carbocycles. The Morgan fingerprint density at radius 3 is 2.70 bits per heavy atom. The van der Waals surface area contributed by atoms with Crippen molar-refractivity contribution < 1.29 is 13.9 Å². The maximum absolute atomic E-state index is 13.5. The summed E-state index contributed by atoms with van der Waals surface area (Å²) in [6, 6.07) is 15.9. The van der Waals surface area contributed by atoms with E-state index in [1.165, 1.54) is 4.88 Å². The summed E-state index contributed by atoms with van der Waals surface area (Å²) in [5, 5.41) is 5.96. The molecule has 1 aliphatic carbocycles. The third-order valence-corrected chi connectivity index (χ3v) is 8.40. The van der Waals surface area contributed by atoms with Crippen LogP contribution in [0.3, 0.4) is 0 Å². The first-order valence-electron chi connectivity index (χ1n) is 13.0. The molecule has 5 nitrogen and oxygen atoms in total. The minimum atomic E-state index is -0.0909. The number of hydrogen-bond acceptors (Lipinski definition) is 5. The van der Waals surface area contributed by atoms with Crippen molar-refractivity contribution in [2.45, 2.75) is 53.5 Å². The van der Waals surface area contributed by atoms with E-state index in [1.807, 2.05) is 49.5 Å². The molecule has 1 atom stereocenters. The zero-order chi connectivity index (χ0) is 26.0. The molecule has 6 heteroatoms. The van der Waals surface area contributed by atoms with Crippen LogP contribution in [0.4, 0.5) is 5.00 Å². The molecule has 0 radical (unpaired) electrons. The smallest absolute Gasteiger partial charge is 0.255 e. The fourth-order valence-electron chi connectivity index (χ4n) is 5.12. The van der Waals surface area contributed by atoms with Gasteiger partial charge in [0.1, 0.15) is 16.5 Å². The van der Waals surface area contributed by atoms with Crippen LogP contribution in [0, 0.1) is 11.3 Å². The molecule has 2 heterocycles. The standard InChI is InChI=1S/C31H34N2O3S/c1-5-35-26-15-12-20(23-10-6-7-11-24(23)26)18-33-30-28(29(34)32-19-22-9-8-16-36-22)25-14-13-21(31(2,3)4)17-27(25)37-30/h6-12,15-16,18,21H,5,13-14,17,19H2,1-4H3,(H,32,34)/t21-/m1/s1. The number of amides is 1. The van der Waals surface area contributed by atoms with Crippen molar-refractivity contribution in [3.8, 4) is 5.75 Å². The fraction of sp³-hybridized carbons (Fsp3) is 0.355. The molecule has 0 saturated heterocycles. The molecule has 4 aromatic rings. The summed E-state index contributed by atoms with van der Waals surface area (Å²) < 4.78 is 11.3. The van der Waals surface area contributed by atoms with Gasteiger partial charge in [0.05, 0.1) is 25.0 Å². The second kappa shape index (κ2) is 10.5. The third kappa shape index (κ3) is 5.35. The lowest BCUT2D eigenvalue weighted by atomic mass is 9.72. The summed E-state index contributed by atoms with van der Waals surface area (Å²) in [5.74, 6) is 2.10. The Morgan fingerprint density at radius 1 is 1.16 bits per heavy atom. The quantitative estimate of drug-likeness (QED) is 0.257. The molecule has 0 fully saturated rings. The number of aliphatic imine (C=N–C) groups is 1. The van der Waals surface area contributed by atoms with Crippen molar-refractivity contribution in [1.29, 1.82) is 0 Å². The second-order valence-electron chi connectivity index (χ2n) is 10.6. The number of hydrogen-bond donors (Lipinski definition) is 1. The number of carbonyl (C=O) groups excluding carboxylic acids is 1. The van der Waals surface area contributed by atoms with Crippen LogP contribution in [-0.4, -0.2) is 18.7 Å². The van der Waals surface area contributed by atoms with Gasteiger partial charge in [0.2, 0.25) is 0 Å². The van der Waals surface area contributed by atoms with Gasteiger partial charge in [0, 0.05) is 22.0 Å². The highest BCUT2D eigenvalue weighted by Gasteiger charge is 2.33. The lowest BCUT2D eigenvalue weighted by Crippen LogP contribution is -2.28. The van der Waals surface area contributed by atoms with Gasteiger partial charge in [-0.15, -0.1) is 11.3 Å². The molecule has 2 aromatic heterocycles. The molecule has 0 bridgehead atoms. The normalized spacial score (nSPS) is 15.7. The number of thiophene rings is 1. The highest BCUT2D eigenvalue weighted by molar-refractivity contribution is 7.16. The number of fused-ring (bicyclic) bond motifs is 2. The van der Waals surface area contributed by atoms with Gasteiger partial charge in [-0.2, -0.15) is 0 Å².